The highest BCUT2D eigenvalue weighted by Crippen LogP contribution is 2.32. The highest BCUT2D eigenvalue weighted by Gasteiger charge is 2.35. The smallest absolute Gasteiger partial charge is 0.376 e. The summed E-state index contributed by atoms with van der Waals surface area (Å²) in [5.41, 5.74) is -0.979. The van der Waals surface area contributed by atoms with Crippen molar-refractivity contribution in [2.45, 2.75) is 45.4 Å². The van der Waals surface area contributed by atoms with Crippen LogP contribution in [0, 0.1) is 11.8 Å². The summed E-state index contributed by atoms with van der Waals surface area (Å²) >= 11 is 5.19. The number of thiocarbonyl (C=S) groups is 1. The summed E-state index contributed by atoms with van der Waals surface area (Å²) in [5.74, 6) is 0.892. The Morgan fingerprint density at radius 1 is 1.29 bits per heavy atom. The van der Waals surface area contributed by atoms with E-state index in [9.17, 15) is 13.2 Å². The number of rotatable bonds is 4. The molecule has 1 aromatic rings. The minimum Gasteiger partial charge on any atom is -0.376 e. The molecule has 156 valence electrons. The molecule has 3 atom stereocenters. The minimum absolute atomic E-state index is 0.0639. The van der Waals surface area contributed by atoms with Gasteiger partial charge in [-0.05, 0) is 43.3 Å². The van der Waals surface area contributed by atoms with E-state index in [1.165, 1.54) is 0 Å². The summed E-state index contributed by atoms with van der Waals surface area (Å²) in [6, 6.07) is 1.01. The molecule has 3 unspecified atom stereocenters. The van der Waals surface area contributed by atoms with E-state index < -0.39 is 11.9 Å². The number of nitrogens with one attached hydrogen (secondary N) is 2. The van der Waals surface area contributed by atoms with Crippen LogP contribution in [0.15, 0.2) is 6.07 Å². The number of hydrogen-bond acceptors (Lipinski definition) is 5. The lowest BCUT2D eigenvalue weighted by Crippen LogP contribution is -2.40. The molecule has 2 aliphatic heterocycles. The summed E-state index contributed by atoms with van der Waals surface area (Å²) in [6.45, 7) is 6.74. The van der Waals surface area contributed by atoms with Gasteiger partial charge >= 0.3 is 6.18 Å². The fourth-order valence-corrected chi connectivity index (χ4v) is 3.98. The molecule has 0 bridgehead atoms. The fourth-order valence-electron chi connectivity index (χ4n) is 3.81. The van der Waals surface area contributed by atoms with Crippen molar-refractivity contribution in [2.75, 3.05) is 36.5 Å². The normalized spacial score (nSPS) is 25.6. The average molecular weight is 418 g/mol. The number of piperidine rings is 1. The van der Waals surface area contributed by atoms with E-state index in [0.29, 0.717) is 31.5 Å². The molecule has 28 heavy (non-hydrogen) atoms. The van der Waals surface area contributed by atoms with E-state index >= 15 is 0 Å². The van der Waals surface area contributed by atoms with Gasteiger partial charge in [-0.15, -0.1) is 0 Å². The van der Waals surface area contributed by atoms with Crippen LogP contribution >= 0.6 is 12.2 Å². The SMILES string of the molecule is CC1CC(C)CN(c2cc(C(F)(F)F)nc(NC(=S)NCC3CCCO3)n2)C1. The molecule has 10 heteroatoms. The first-order chi connectivity index (χ1) is 13.2. The Kier molecular flexibility index (Phi) is 6.59. The summed E-state index contributed by atoms with van der Waals surface area (Å²) in [5, 5.41) is 5.84. The zero-order valence-corrected chi connectivity index (χ0v) is 16.9. The standard InChI is InChI=1S/C18H26F3N5OS/c1-11-6-12(2)10-26(9-11)15-7-14(18(19,20)21)23-16(24-15)25-17(28)22-8-13-4-3-5-27-13/h7,11-13H,3-6,8-10H2,1-2H3,(H2,22,23,24,25,28). The van der Waals surface area contributed by atoms with Gasteiger partial charge in [0.15, 0.2) is 10.8 Å². The maximum absolute atomic E-state index is 13.4. The Morgan fingerprint density at radius 2 is 2.00 bits per heavy atom. The first-order valence-corrected chi connectivity index (χ1v) is 9.99. The highest BCUT2D eigenvalue weighted by atomic mass is 32.1. The molecule has 2 N–H and O–H groups in total. The van der Waals surface area contributed by atoms with E-state index in [-0.39, 0.29) is 23.0 Å². The molecule has 0 aromatic carbocycles. The van der Waals surface area contributed by atoms with Crippen molar-refractivity contribution >= 4 is 29.1 Å². The van der Waals surface area contributed by atoms with E-state index in [4.69, 9.17) is 17.0 Å². The van der Waals surface area contributed by atoms with Crippen LogP contribution in [-0.4, -0.2) is 47.4 Å². The Hall–Kier alpha value is -1.68. The van der Waals surface area contributed by atoms with Crippen LogP contribution in [0.2, 0.25) is 0 Å². The van der Waals surface area contributed by atoms with Crippen LogP contribution in [0.3, 0.4) is 0 Å². The minimum atomic E-state index is -4.56. The molecule has 2 fully saturated rings. The molecule has 0 amide bonds. The van der Waals surface area contributed by atoms with Crippen LogP contribution in [0.5, 0.6) is 0 Å². The largest absolute Gasteiger partial charge is 0.433 e. The predicted molar refractivity (Wildman–Crippen MR) is 105 cm³/mol. The van der Waals surface area contributed by atoms with Crippen LogP contribution in [0.25, 0.3) is 0 Å². The molecule has 3 rings (SSSR count). The molecule has 0 saturated carbocycles. The lowest BCUT2D eigenvalue weighted by molar-refractivity contribution is -0.141. The van der Waals surface area contributed by atoms with E-state index in [1.54, 1.807) is 0 Å². The van der Waals surface area contributed by atoms with Gasteiger partial charge in [0.25, 0.3) is 0 Å². The van der Waals surface area contributed by atoms with Gasteiger partial charge in [-0.3, -0.25) is 0 Å². The van der Waals surface area contributed by atoms with Crippen molar-refractivity contribution in [3.05, 3.63) is 11.8 Å². The number of aromatic nitrogens is 2. The third-order valence-corrected chi connectivity index (χ3v) is 5.18. The third-order valence-electron chi connectivity index (χ3n) is 4.94. The topological polar surface area (TPSA) is 62.3 Å². The van der Waals surface area contributed by atoms with E-state index in [1.807, 2.05) is 4.90 Å². The fraction of sp³-hybridized carbons (Fsp3) is 0.722. The van der Waals surface area contributed by atoms with Crippen molar-refractivity contribution in [1.82, 2.24) is 15.3 Å². The highest BCUT2D eigenvalue weighted by molar-refractivity contribution is 7.80. The third kappa shape index (κ3) is 5.66. The molecule has 1 aromatic heterocycles. The summed E-state index contributed by atoms with van der Waals surface area (Å²) in [7, 11) is 0. The maximum Gasteiger partial charge on any atom is 0.433 e. The molecule has 0 spiro atoms. The van der Waals surface area contributed by atoms with E-state index in [0.717, 1.165) is 31.9 Å². The molecule has 3 heterocycles. The Morgan fingerprint density at radius 3 is 2.61 bits per heavy atom. The second-order valence-electron chi connectivity index (χ2n) is 7.75. The molecular formula is C18H26F3N5OS. The van der Waals surface area contributed by atoms with Crippen molar-refractivity contribution < 1.29 is 17.9 Å². The second-order valence-corrected chi connectivity index (χ2v) is 8.16. The average Bonchev–Trinajstić information content (AvgIpc) is 3.11. The molecule has 2 saturated heterocycles. The zero-order valence-electron chi connectivity index (χ0n) is 16.1. The predicted octanol–water partition coefficient (Wildman–Crippen LogP) is 3.44. The summed E-state index contributed by atoms with van der Waals surface area (Å²) in [4.78, 5) is 9.82. The first-order valence-electron chi connectivity index (χ1n) is 9.58. The molecule has 0 aliphatic carbocycles. The monoisotopic (exact) mass is 417 g/mol. The maximum atomic E-state index is 13.4. The van der Waals surface area contributed by atoms with Gasteiger partial charge in [0.2, 0.25) is 5.95 Å². The Labute approximate surface area is 168 Å². The van der Waals surface area contributed by atoms with Crippen LogP contribution in [-0.2, 0) is 10.9 Å². The lowest BCUT2D eigenvalue weighted by Gasteiger charge is -2.36. The van der Waals surface area contributed by atoms with Crippen molar-refractivity contribution in [2.24, 2.45) is 11.8 Å². The number of hydrogen-bond donors (Lipinski definition) is 2. The van der Waals surface area contributed by atoms with Gasteiger partial charge in [-0.2, -0.15) is 18.2 Å². The number of alkyl halides is 3. The molecular weight excluding hydrogens is 391 g/mol. The first kappa shape index (κ1) is 21.0. The zero-order chi connectivity index (χ0) is 20.3. The number of ether oxygens (including phenoxy) is 1. The van der Waals surface area contributed by atoms with Gasteiger partial charge in [-0.25, -0.2) is 4.98 Å². The van der Waals surface area contributed by atoms with Gasteiger partial charge < -0.3 is 20.3 Å². The quantitative estimate of drug-likeness (QED) is 0.728. The molecule has 2 aliphatic rings. The Balaban J connectivity index is 1.74. The summed E-state index contributed by atoms with van der Waals surface area (Å²) in [6.07, 6.45) is -1.51. The number of anilines is 2. The van der Waals surface area contributed by atoms with Crippen LogP contribution in [0.1, 0.15) is 38.8 Å². The van der Waals surface area contributed by atoms with Gasteiger partial charge in [0.1, 0.15) is 5.82 Å². The van der Waals surface area contributed by atoms with Gasteiger partial charge in [0, 0.05) is 32.3 Å². The summed E-state index contributed by atoms with van der Waals surface area (Å²) < 4.78 is 45.6. The second kappa shape index (κ2) is 8.77. The number of nitrogens with zero attached hydrogens (tertiary/aromatic N) is 3. The number of halogens is 3. The van der Waals surface area contributed by atoms with Gasteiger partial charge in [-0.1, -0.05) is 13.8 Å². The van der Waals surface area contributed by atoms with E-state index in [2.05, 4.69) is 34.4 Å². The lowest BCUT2D eigenvalue weighted by atomic mass is 9.92. The molecule has 0 radical (unpaired) electrons. The Bertz CT molecular complexity index is 686. The van der Waals surface area contributed by atoms with Gasteiger partial charge in [0.05, 0.1) is 6.10 Å². The van der Waals surface area contributed by atoms with Crippen LogP contribution in [0.4, 0.5) is 24.9 Å². The molecule has 6 nitrogen and oxygen atoms in total. The van der Waals surface area contributed by atoms with Crippen molar-refractivity contribution in [1.29, 1.82) is 0 Å². The van der Waals surface area contributed by atoms with Crippen LogP contribution < -0.4 is 15.5 Å². The van der Waals surface area contributed by atoms with Crippen molar-refractivity contribution in [3.63, 3.8) is 0 Å². The van der Waals surface area contributed by atoms with Crippen molar-refractivity contribution in [3.8, 4) is 0 Å².